The third-order valence-corrected chi connectivity index (χ3v) is 4.66. The molecule has 0 unspecified atom stereocenters. The lowest BCUT2D eigenvalue weighted by Gasteiger charge is -2.12. The first-order chi connectivity index (χ1) is 12.0. The van der Waals surface area contributed by atoms with E-state index in [1.165, 1.54) is 11.8 Å². The number of carbonyl (C=O) groups is 1. The Balaban J connectivity index is 1.67. The van der Waals surface area contributed by atoms with Crippen LogP contribution in [0.4, 0.5) is 0 Å². The highest BCUT2D eigenvalue weighted by atomic mass is 32.2. The molecule has 0 fully saturated rings. The molecule has 3 rings (SSSR count). The van der Waals surface area contributed by atoms with Crippen molar-refractivity contribution < 1.29 is 9.21 Å². The lowest BCUT2D eigenvalue weighted by Crippen LogP contribution is -2.28. The first kappa shape index (κ1) is 17.3. The van der Waals surface area contributed by atoms with Crippen molar-refractivity contribution in [1.29, 1.82) is 0 Å². The highest BCUT2D eigenvalue weighted by Gasteiger charge is 2.16. The number of nitrogens with zero attached hydrogens (tertiary/aromatic N) is 3. The zero-order valence-electron chi connectivity index (χ0n) is 14.4. The molecular formula is C18H20N4O2S. The van der Waals surface area contributed by atoms with Gasteiger partial charge in [0.15, 0.2) is 5.16 Å². The summed E-state index contributed by atoms with van der Waals surface area (Å²) in [6, 6.07) is 11.6. The number of carbonyl (C=O) groups excluding carboxylic acids is 1. The van der Waals surface area contributed by atoms with Crippen LogP contribution in [0.15, 0.2) is 52.2 Å². The maximum absolute atomic E-state index is 12.2. The molecule has 0 aliphatic rings. The second kappa shape index (κ2) is 7.57. The van der Waals surface area contributed by atoms with Crippen LogP contribution < -0.4 is 5.32 Å². The fraction of sp³-hybridized carbons (Fsp3) is 0.278. The molecule has 25 heavy (non-hydrogen) atoms. The topological polar surface area (TPSA) is 73.0 Å². The quantitative estimate of drug-likeness (QED) is 0.685. The number of hydrogen-bond donors (Lipinski definition) is 1. The summed E-state index contributed by atoms with van der Waals surface area (Å²) in [5.74, 6) is 1.70. The molecule has 3 aromatic rings. The van der Waals surface area contributed by atoms with Crippen molar-refractivity contribution in [2.45, 2.75) is 32.0 Å². The number of furan rings is 1. The largest absolute Gasteiger partial charge is 0.467 e. The number of rotatable bonds is 6. The van der Waals surface area contributed by atoms with Crippen LogP contribution in [0.1, 0.15) is 30.1 Å². The van der Waals surface area contributed by atoms with Crippen molar-refractivity contribution in [2.24, 2.45) is 0 Å². The van der Waals surface area contributed by atoms with E-state index in [0.29, 0.717) is 5.16 Å². The van der Waals surface area contributed by atoms with E-state index in [4.69, 9.17) is 4.42 Å². The van der Waals surface area contributed by atoms with Crippen LogP contribution in [0, 0.1) is 13.8 Å². The summed E-state index contributed by atoms with van der Waals surface area (Å²) in [6.07, 6.45) is 1.60. The van der Waals surface area contributed by atoms with Crippen LogP contribution in [0.25, 0.3) is 5.69 Å². The second-order valence-electron chi connectivity index (χ2n) is 5.80. The van der Waals surface area contributed by atoms with E-state index in [-0.39, 0.29) is 17.7 Å². The van der Waals surface area contributed by atoms with Gasteiger partial charge < -0.3 is 9.73 Å². The van der Waals surface area contributed by atoms with Gasteiger partial charge in [0.05, 0.1) is 18.1 Å². The lowest BCUT2D eigenvalue weighted by molar-refractivity contribution is -0.119. The Kier molecular flexibility index (Phi) is 5.23. The van der Waals surface area contributed by atoms with Crippen molar-refractivity contribution in [3.05, 3.63) is 59.8 Å². The van der Waals surface area contributed by atoms with Gasteiger partial charge in [-0.3, -0.25) is 9.36 Å². The van der Waals surface area contributed by atoms with Gasteiger partial charge in [-0.05, 0) is 50.6 Å². The number of aryl methyl sites for hydroxylation is 2. The molecule has 1 amide bonds. The fourth-order valence-corrected chi connectivity index (χ4v) is 3.33. The Morgan fingerprint density at radius 2 is 2.12 bits per heavy atom. The summed E-state index contributed by atoms with van der Waals surface area (Å²) < 4.78 is 7.26. The molecule has 0 saturated heterocycles. The minimum Gasteiger partial charge on any atom is -0.467 e. The molecule has 0 radical (unpaired) electrons. The van der Waals surface area contributed by atoms with Gasteiger partial charge in [-0.1, -0.05) is 23.9 Å². The lowest BCUT2D eigenvalue weighted by atomic mass is 10.2. The molecule has 1 N–H and O–H groups in total. The van der Waals surface area contributed by atoms with E-state index in [1.807, 2.05) is 49.6 Å². The Hall–Kier alpha value is -2.54. The number of thioether (sulfide) groups is 1. The summed E-state index contributed by atoms with van der Waals surface area (Å²) in [6.45, 7) is 5.83. The van der Waals surface area contributed by atoms with Gasteiger partial charge in [-0.15, -0.1) is 10.2 Å². The zero-order valence-corrected chi connectivity index (χ0v) is 15.2. The molecule has 6 nitrogen and oxygen atoms in total. The van der Waals surface area contributed by atoms with Gasteiger partial charge in [0.25, 0.3) is 0 Å². The average molecular weight is 356 g/mol. The first-order valence-electron chi connectivity index (χ1n) is 7.99. The van der Waals surface area contributed by atoms with E-state index in [0.717, 1.165) is 22.8 Å². The van der Waals surface area contributed by atoms with Crippen LogP contribution >= 0.6 is 11.8 Å². The highest BCUT2D eigenvalue weighted by molar-refractivity contribution is 7.99. The molecule has 0 spiro atoms. The SMILES string of the molecule is Cc1cccc(-n2c(C)nnc2SCC(=O)N[C@H](C)c2ccco2)c1. The Bertz CT molecular complexity index is 858. The molecule has 1 atom stereocenters. The smallest absolute Gasteiger partial charge is 0.231 e. The van der Waals surface area contributed by atoms with E-state index >= 15 is 0 Å². The molecule has 0 bridgehead atoms. The standard InChI is InChI=1S/C18H20N4O2S/c1-12-6-4-7-15(10-12)22-14(3)20-21-18(22)25-11-17(23)19-13(2)16-8-5-9-24-16/h4-10,13H,11H2,1-3H3,(H,19,23)/t13-/m1/s1. The van der Waals surface area contributed by atoms with Crippen LogP contribution in [-0.4, -0.2) is 26.4 Å². The average Bonchev–Trinajstić information content (AvgIpc) is 3.22. The zero-order chi connectivity index (χ0) is 17.8. The van der Waals surface area contributed by atoms with Crippen LogP contribution in [-0.2, 0) is 4.79 Å². The summed E-state index contributed by atoms with van der Waals surface area (Å²) >= 11 is 1.36. The minimum atomic E-state index is -0.167. The normalized spacial score (nSPS) is 12.1. The minimum absolute atomic E-state index is 0.0784. The maximum Gasteiger partial charge on any atom is 0.231 e. The van der Waals surface area contributed by atoms with E-state index in [9.17, 15) is 4.79 Å². The summed E-state index contributed by atoms with van der Waals surface area (Å²) in [5.41, 5.74) is 2.15. The van der Waals surface area contributed by atoms with Gasteiger partial charge in [-0.25, -0.2) is 0 Å². The Labute approximate surface area is 150 Å². The van der Waals surface area contributed by atoms with Gasteiger partial charge in [-0.2, -0.15) is 0 Å². The van der Waals surface area contributed by atoms with E-state index in [2.05, 4.69) is 21.6 Å². The van der Waals surface area contributed by atoms with Crippen molar-refractivity contribution in [3.8, 4) is 5.69 Å². The molecule has 1 aromatic carbocycles. The summed E-state index contributed by atoms with van der Waals surface area (Å²) in [4.78, 5) is 12.2. The van der Waals surface area contributed by atoms with Gasteiger partial charge in [0, 0.05) is 5.69 Å². The molecule has 130 valence electrons. The summed E-state index contributed by atoms with van der Waals surface area (Å²) in [7, 11) is 0. The molecule has 7 heteroatoms. The van der Waals surface area contributed by atoms with Crippen molar-refractivity contribution in [2.75, 3.05) is 5.75 Å². The Morgan fingerprint density at radius 3 is 2.84 bits per heavy atom. The summed E-state index contributed by atoms with van der Waals surface area (Å²) in [5, 5.41) is 12.0. The molecular weight excluding hydrogens is 336 g/mol. The molecule has 0 aliphatic heterocycles. The van der Waals surface area contributed by atoms with Crippen LogP contribution in [0.2, 0.25) is 0 Å². The molecule has 0 saturated carbocycles. The van der Waals surface area contributed by atoms with Crippen molar-refractivity contribution in [1.82, 2.24) is 20.1 Å². The van der Waals surface area contributed by atoms with Crippen molar-refractivity contribution in [3.63, 3.8) is 0 Å². The molecule has 0 aliphatic carbocycles. The predicted octanol–water partition coefficient (Wildman–Crippen LogP) is 3.45. The van der Waals surface area contributed by atoms with Crippen LogP contribution in [0.3, 0.4) is 0 Å². The van der Waals surface area contributed by atoms with Gasteiger partial charge in [0.1, 0.15) is 11.6 Å². The second-order valence-corrected chi connectivity index (χ2v) is 6.74. The molecule has 2 aromatic heterocycles. The number of aromatic nitrogens is 3. The third kappa shape index (κ3) is 4.11. The third-order valence-electron chi connectivity index (χ3n) is 3.73. The van der Waals surface area contributed by atoms with E-state index in [1.54, 1.807) is 12.3 Å². The molecule has 2 heterocycles. The number of nitrogens with one attached hydrogen (secondary N) is 1. The van der Waals surface area contributed by atoms with Gasteiger partial charge in [0.2, 0.25) is 5.91 Å². The van der Waals surface area contributed by atoms with Gasteiger partial charge >= 0.3 is 0 Å². The monoisotopic (exact) mass is 356 g/mol. The highest BCUT2D eigenvalue weighted by Crippen LogP contribution is 2.22. The fourth-order valence-electron chi connectivity index (χ4n) is 2.52. The number of hydrogen-bond acceptors (Lipinski definition) is 5. The number of amides is 1. The Morgan fingerprint density at radius 1 is 1.28 bits per heavy atom. The maximum atomic E-state index is 12.2. The predicted molar refractivity (Wildman–Crippen MR) is 96.8 cm³/mol. The van der Waals surface area contributed by atoms with Crippen LogP contribution in [0.5, 0.6) is 0 Å². The van der Waals surface area contributed by atoms with E-state index < -0.39 is 0 Å². The number of benzene rings is 1. The first-order valence-corrected chi connectivity index (χ1v) is 8.98. The van der Waals surface area contributed by atoms with Crippen molar-refractivity contribution >= 4 is 17.7 Å².